The lowest BCUT2D eigenvalue weighted by Gasteiger charge is -2.14. The van der Waals surface area contributed by atoms with Crippen molar-refractivity contribution in [2.45, 2.75) is 20.0 Å². The van der Waals surface area contributed by atoms with Gasteiger partial charge in [0, 0.05) is 5.56 Å². The minimum absolute atomic E-state index is 0.293. The molecule has 3 rings (SSSR count). The van der Waals surface area contributed by atoms with Crippen LogP contribution in [-0.4, -0.2) is 30.1 Å². The predicted octanol–water partition coefficient (Wildman–Crippen LogP) is 4.45. The molecule has 6 nitrogen and oxygen atoms in total. The summed E-state index contributed by atoms with van der Waals surface area (Å²) in [5, 5.41) is 3.25. The zero-order valence-electron chi connectivity index (χ0n) is 16.1. The molecule has 1 N–H and O–H groups in total. The van der Waals surface area contributed by atoms with Crippen LogP contribution in [0, 0.1) is 12.7 Å². The van der Waals surface area contributed by atoms with Crippen LogP contribution < -0.4 is 10.1 Å². The van der Waals surface area contributed by atoms with Crippen LogP contribution in [0.2, 0.25) is 0 Å². The number of para-hydroxylation sites is 2. The number of aryl methyl sites for hydroxylation is 1. The third-order valence-electron chi connectivity index (χ3n) is 4.09. The summed E-state index contributed by atoms with van der Waals surface area (Å²) in [5.74, 6) is -0.974. The highest BCUT2D eigenvalue weighted by atomic mass is 32.1. The minimum atomic E-state index is -1.02. The van der Waals surface area contributed by atoms with Crippen LogP contribution in [0.15, 0.2) is 48.5 Å². The van der Waals surface area contributed by atoms with Crippen molar-refractivity contribution in [3.63, 3.8) is 0 Å². The van der Waals surface area contributed by atoms with E-state index in [0.29, 0.717) is 32.6 Å². The molecule has 3 aromatic rings. The van der Waals surface area contributed by atoms with E-state index < -0.39 is 18.0 Å². The first-order valence-corrected chi connectivity index (χ1v) is 9.59. The number of rotatable bonds is 6. The average molecular weight is 414 g/mol. The second-order valence-electron chi connectivity index (χ2n) is 6.18. The Balaban J connectivity index is 1.69. The van der Waals surface area contributed by atoms with Gasteiger partial charge in [-0.3, -0.25) is 4.79 Å². The molecule has 1 aromatic heterocycles. The second kappa shape index (κ2) is 8.83. The van der Waals surface area contributed by atoms with Gasteiger partial charge in [-0.2, -0.15) is 0 Å². The summed E-state index contributed by atoms with van der Waals surface area (Å²) in [6.07, 6.45) is -1.02. The summed E-state index contributed by atoms with van der Waals surface area (Å²) in [6, 6.07) is 12.8. The standard InChI is InChI=1S/C21H19FN2O4S/c1-12-18(29-20(23-12)14-8-10-15(22)11-9-14)21(26)28-13(2)19(25)24-16-6-4-5-7-17(16)27-3/h4-11,13H,1-3H3,(H,24,25)/t13-/m0/s1. The van der Waals surface area contributed by atoms with E-state index in [4.69, 9.17) is 9.47 Å². The van der Waals surface area contributed by atoms with Gasteiger partial charge >= 0.3 is 5.97 Å². The molecule has 150 valence electrons. The normalized spacial score (nSPS) is 11.6. The van der Waals surface area contributed by atoms with Gasteiger partial charge in [0.2, 0.25) is 0 Å². The van der Waals surface area contributed by atoms with Crippen molar-refractivity contribution in [2.24, 2.45) is 0 Å². The van der Waals surface area contributed by atoms with E-state index in [-0.39, 0.29) is 5.82 Å². The number of ether oxygens (including phenoxy) is 2. The van der Waals surface area contributed by atoms with Crippen LogP contribution in [0.1, 0.15) is 22.3 Å². The topological polar surface area (TPSA) is 77.5 Å². The van der Waals surface area contributed by atoms with Crippen molar-refractivity contribution in [3.8, 4) is 16.3 Å². The maximum absolute atomic E-state index is 13.1. The zero-order valence-corrected chi connectivity index (χ0v) is 16.9. The Morgan fingerprint density at radius 1 is 1.14 bits per heavy atom. The Bertz CT molecular complexity index is 1030. The fourth-order valence-electron chi connectivity index (χ4n) is 2.55. The third-order valence-corrected chi connectivity index (χ3v) is 5.28. The molecule has 8 heteroatoms. The lowest BCUT2D eigenvalue weighted by Crippen LogP contribution is -2.30. The zero-order chi connectivity index (χ0) is 21.0. The van der Waals surface area contributed by atoms with Gasteiger partial charge < -0.3 is 14.8 Å². The Labute approximate surface area is 171 Å². The molecule has 1 amide bonds. The maximum atomic E-state index is 13.1. The number of nitrogens with one attached hydrogen (secondary N) is 1. The summed E-state index contributed by atoms with van der Waals surface area (Å²) in [6.45, 7) is 3.17. The third kappa shape index (κ3) is 4.78. The van der Waals surface area contributed by atoms with Crippen LogP contribution in [0.4, 0.5) is 10.1 Å². The van der Waals surface area contributed by atoms with Crippen molar-refractivity contribution >= 4 is 28.9 Å². The molecule has 0 unspecified atom stereocenters. The van der Waals surface area contributed by atoms with Gasteiger partial charge in [0.25, 0.3) is 5.91 Å². The summed E-state index contributed by atoms with van der Waals surface area (Å²) < 4.78 is 23.6. The number of anilines is 1. The Hall–Kier alpha value is -3.26. The highest BCUT2D eigenvalue weighted by molar-refractivity contribution is 7.17. The number of thiazole rings is 1. The van der Waals surface area contributed by atoms with Crippen LogP contribution in [0.5, 0.6) is 5.75 Å². The highest BCUT2D eigenvalue weighted by Gasteiger charge is 2.23. The van der Waals surface area contributed by atoms with E-state index >= 15 is 0 Å². The molecule has 2 aromatic carbocycles. The molecule has 0 aliphatic rings. The van der Waals surface area contributed by atoms with Crippen molar-refractivity contribution < 1.29 is 23.5 Å². The van der Waals surface area contributed by atoms with Crippen molar-refractivity contribution in [3.05, 3.63) is 64.9 Å². The van der Waals surface area contributed by atoms with E-state index in [1.807, 2.05) is 0 Å². The molecule has 0 fully saturated rings. The summed E-state index contributed by atoms with van der Waals surface area (Å²) in [5.41, 5.74) is 1.66. The van der Waals surface area contributed by atoms with Crippen LogP contribution in [0.25, 0.3) is 10.6 Å². The predicted molar refractivity (Wildman–Crippen MR) is 109 cm³/mol. The number of amides is 1. The first-order valence-electron chi connectivity index (χ1n) is 8.77. The number of benzene rings is 2. The van der Waals surface area contributed by atoms with Gasteiger partial charge in [-0.15, -0.1) is 11.3 Å². The van der Waals surface area contributed by atoms with E-state index in [0.717, 1.165) is 11.3 Å². The lowest BCUT2D eigenvalue weighted by molar-refractivity contribution is -0.123. The van der Waals surface area contributed by atoms with E-state index in [1.165, 1.54) is 26.2 Å². The molecule has 0 saturated carbocycles. The van der Waals surface area contributed by atoms with Gasteiger partial charge in [0.15, 0.2) is 6.10 Å². The van der Waals surface area contributed by atoms with E-state index in [2.05, 4.69) is 10.3 Å². The van der Waals surface area contributed by atoms with Gasteiger partial charge in [0.05, 0.1) is 18.5 Å². The molecule has 1 heterocycles. The van der Waals surface area contributed by atoms with Crippen LogP contribution in [-0.2, 0) is 9.53 Å². The van der Waals surface area contributed by atoms with Gasteiger partial charge in [-0.1, -0.05) is 12.1 Å². The number of halogens is 1. The minimum Gasteiger partial charge on any atom is -0.495 e. The number of nitrogens with zero attached hydrogens (tertiary/aromatic N) is 1. The number of hydrogen-bond acceptors (Lipinski definition) is 6. The van der Waals surface area contributed by atoms with Gasteiger partial charge in [-0.05, 0) is 50.2 Å². The molecular weight excluding hydrogens is 395 g/mol. The Morgan fingerprint density at radius 3 is 2.52 bits per heavy atom. The SMILES string of the molecule is COc1ccccc1NC(=O)[C@H](C)OC(=O)c1sc(-c2ccc(F)cc2)nc1C. The largest absolute Gasteiger partial charge is 0.495 e. The number of carbonyl (C=O) groups excluding carboxylic acids is 2. The van der Waals surface area contributed by atoms with Crippen molar-refractivity contribution in [1.82, 2.24) is 4.98 Å². The highest BCUT2D eigenvalue weighted by Crippen LogP contribution is 2.29. The van der Waals surface area contributed by atoms with E-state index in [9.17, 15) is 14.0 Å². The lowest BCUT2D eigenvalue weighted by atomic mass is 10.2. The monoisotopic (exact) mass is 414 g/mol. The van der Waals surface area contributed by atoms with Crippen LogP contribution >= 0.6 is 11.3 Å². The number of esters is 1. The molecule has 0 spiro atoms. The molecule has 0 aliphatic heterocycles. The van der Waals surface area contributed by atoms with Gasteiger partial charge in [0.1, 0.15) is 21.5 Å². The molecular formula is C21H19FN2O4S. The van der Waals surface area contributed by atoms with Gasteiger partial charge in [-0.25, -0.2) is 14.2 Å². The van der Waals surface area contributed by atoms with Crippen molar-refractivity contribution in [2.75, 3.05) is 12.4 Å². The molecule has 1 atom stereocenters. The molecule has 0 bridgehead atoms. The number of carbonyl (C=O) groups is 2. The Morgan fingerprint density at radius 2 is 1.83 bits per heavy atom. The molecule has 0 saturated heterocycles. The molecule has 0 aliphatic carbocycles. The fourth-order valence-corrected chi connectivity index (χ4v) is 3.51. The first-order chi connectivity index (χ1) is 13.9. The number of hydrogen-bond donors (Lipinski definition) is 1. The molecule has 29 heavy (non-hydrogen) atoms. The quantitative estimate of drug-likeness (QED) is 0.603. The van der Waals surface area contributed by atoms with Crippen molar-refractivity contribution in [1.29, 1.82) is 0 Å². The second-order valence-corrected chi connectivity index (χ2v) is 7.18. The number of methoxy groups -OCH3 is 1. The summed E-state index contributed by atoms with van der Waals surface area (Å²) in [4.78, 5) is 29.6. The first kappa shape index (κ1) is 20.5. The summed E-state index contributed by atoms with van der Waals surface area (Å²) in [7, 11) is 1.50. The van der Waals surface area contributed by atoms with Crippen LogP contribution in [0.3, 0.4) is 0 Å². The average Bonchev–Trinajstić information content (AvgIpc) is 3.10. The summed E-state index contributed by atoms with van der Waals surface area (Å²) >= 11 is 1.13. The fraction of sp³-hybridized carbons (Fsp3) is 0.190. The molecule has 0 radical (unpaired) electrons. The maximum Gasteiger partial charge on any atom is 0.351 e. The smallest absolute Gasteiger partial charge is 0.351 e. The van der Waals surface area contributed by atoms with E-state index in [1.54, 1.807) is 43.3 Å². The Kier molecular flexibility index (Phi) is 6.23. The number of aromatic nitrogens is 1.